The standard InChI is InChI=1S/C11H20N4O/c1-6(2)9-5-10(15-14-9)13-11(16)7(3)8(4)12/h5-8H,12H2,1-4H3,(H2,13,14,15,16). The van der Waals surface area contributed by atoms with Gasteiger partial charge >= 0.3 is 0 Å². The lowest BCUT2D eigenvalue weighted by Gasteiger charge is -2.13. The molecular formula is C11H20N4O. The van der Waals surface area contributed by atoms with E-state index in [2.05, 4.69) is 29.4 Å². The lowest BCUT2D eigenvalue weighted by atomic mass is 10.0. The number of rotatable bonds is 4. The molecule has 0 saturated heterocycles. The molecule has 4 N–H and O–H groups in total. The molecule has 2 unspecified atom stereocenters. The van der Waals surface area contributed by atoms with Crippen LogP contribution in [0.25, 0.3) is 0 Å². The minimum atomic E-state index is -0.223. The molecule has 1 aromatic rings. The number of H-pyrrole nitrogens is 1. The minimum Gasteiger partial charge on any atom is -0.327 e. The molecule has 0 saturated carbocycles. The fourth-order valence-corrected chi connectivity index (χ4v) is 1.18. The number of carbonyl (C=O) groups is 1. The van der Waals surface area contributed by atoms with E-state index in [-0.39, 0.29) is 17.9 Å². The van der Waals surface area contributed by atoms with Gasteiger partial charge in [0, 0.05) is 17.8 Å². The first-order chi connectivity index (χ1) is 7.41. The fraction of sp³-hybridized carbons (Fsp3) is 0.636. The Labute approximate surface area is 95.8 Å². The molecule has 1 amide bonds. The highest BCUT2D eigenvalue weighted by atomic mass is 16.2. The van der Waals surface area contributed by atoms with Gasteiger partial charge in [-0.15, -0.1) is 0 Å². The van der Waals surface area contributed by atoms with E-state index in [0.717, 1.165) is 5.69 Å². The fourth-order valence-electron chi connectivity index (χ4n) is 1.18. The first-order valence-corrected chi connectivity index (χ1v) is 5.53. The zero-order valence-corrected chi connectivity index (χ0v) is 10.2. The Hall–Kier alpha value is -1.36. The predicted octanol–water partition coefficient (Wildman–Crippen LogP) is 1.45. The lowest BCUT2D eigenvalue weighted by Crippen LogP contribution is -2.34. The minimum absolute atomic E-state index is 0.100. The zero-order valence-electron chi connectivity index (χ0n) is 10.2. The van der Waals surface area contributed by atoms with E-state index < -0.39 is 0 Å². The van der Waals surface area contributed by atoms with Crippen LogP contribution in [0, 0.1) is 5.92 Å². The number of hydrogen-bond acceptors (Lipinski definition) is 3. The van der Waals surface area contributed by atoms with Gasteiger partial charge in [-0.05, 0) is 12.8 Å². The average Bonchev–Trinajstić information content (AvgIpc) is 2.64. The number of aromatic amines is 1. The molecule has 0 aliphatic carbocycles. The quantitative estimate of drug-likeness (QED) is 0.723. The summed E-state index contributed by atoms with van der Waals surface area (Å²) in [5, 5.41) is 9.64. The van der Waals surface area contributed by atoms with Crippen molar-refractivity contribution in [2.45, 2.75) is 39.7 Å². The van der Waals surface area contributed by atoms with Gasteiger partial charge in [0.2, 0.25) is 5.91 Å². The second-order valence-corrected chi connectivity index (χ2v) is 4.50. The summed E-state index contributed by atoms with van der Waals surface area (Å²) in [5.41, 5.74) is 6.66. The molecule has 0 aliphatic rings. The zero-order chi connectivity index (χ0) is 12.3. The molecule has 90 valence electrons. The number of aromatic nitrogens is 2. The van der Waals surface area contributed by atoms with Gasteiger partial charge in [0.05, 0.1) is 5.92 Å². The van der Waals surface area contributed by atoms with Gasteiger partial charge in [0.25, 0.3) is 0 Å². The summed E-state index contributed by atoms with van der Waals surface area (Å²) in [7, 11) is 0. The predicted molar refractivity (Wildman–Crippen MR) is 64.1 cm³/mol. The highest BCUT2D eigenvalue weighted by Gasteiger charge is 2.18. The van der Waals surface area contributed by atoms with E-state index in [1.165, 1.54) is 0 Å². The van der Waals surface area contributed by atoms with Crippen LogP contribution in [-0.4, -0.2) is 22.1 Å². The normalized spacial score (nSPS) is 14.9. The molecule has 1 aromatic heterocycles. The Morgan fingerprint density at radius 3 is 2.50 bits per heavy atom. The van der Waals surface area contributed by atoms with Crippen LogP contribution >= 0.6 is 0 Å². The number of anilines is 1. The number of amides is 1. The number of nitrogens with zero attached hydrogens (tertiary/aromatic N) is 1. The Morgan fingerprint density at radius 2 is 2.06 bits per heavy atom. The third-order valence-electron chi connectivity index (χ3n) is 2.67. The first-order valence-electron chi connectivity index (χ1n) is 5.53. The molecule has 0 radical (unpaired) electrons. The van der Waals surface area contributed by atoms with Gasteiger partial charge in [-0.2, -0.15) is 5.10 Å². The monoisotopic (exact) mass is 224 g/mol. The molecule has 5 heteroatoms. The smallest absolute Gasteiger partial charge is 0.229 e. The summed E-state index contributed by atoms with van der Waals surface area (Å²) in [5.74, 6) is 0.598. The van der Waals surface area contributed by atoms with Crippen molar-refractivity contribution < 1.29 is 4.79 Å². The van der Waals surface area contributed by atoms with Gasteiger partial charge in [-0.1, -0.05) is 20.8 Å². The largest absolute Gasteiger partial charge is 0.327 e. The van der Waals surface area contributed by atoms with Crippen LogP contribution in [0.5, 0.6) is 0 Å². The van der Waals surface area contributed by atoms with Crippen molar-refractivity contribution in [3.05, 3.63) is 11.8 Å². The van der Waals surface area contributed by atoms with Crippen molar-refractivity contribution >= 4 is 11.7 Å². The number of nitrogens with one attached hydrogen (secondary N) is 2. The maximum absolute atomic E-state index is 11.7. The Bertz CT molecular complexity index is 357. The van der Waals surface area contributed by atoms with E-state index in [9.17, 15) is 4.79 Å². The van der Waals surface area contributed by atoms with Crippen LogP contribution in [0.15, 0.2) is 6.07 Å². The lowest BCUT2D eigenvalue weighted by molar-refractivity contribution is -0.119. The maximum atomic E-state index is 11.7. The second kappa shape index (κ2) is 5.12. The van der Waals surface area contributed by atoms with Gasteiger partial charge < -0.3 is 11.1 Å². The molecule has 0 spiro atoms. The molecule has 0 aliphatic heterocycles. The van der Waals surface area contributed by atoms with E-state index >= 15 is 0 Å². The van der Waals surface area contributed by atoms with Gasteiger partial charge in [-0.25, -0.2) is 0 Å². The Kier molecular flexibility index (Phi) is 4.06. The maximum Gasteiger partial charge on any atom is 0.229 e. The van der Waals surface area contributed by atoms with Crippen LogP contribution in [0.3, 0.4) is 0 Å². The summed E-state index contributed by atoms with van der Waals surface area (Å²) in [6.07, 6.45) is 0. The SMILES string of the molecule is CC(C)c1cc(NC(=O)C(C)C(C)N)n[nH]1. The summed E-state index contributed by atoms with van der Waals surface area (Å²) in [4.78, 5) is 11.7. The van der Waals surface area contributed by atoms with Crippen LogP contribution in [0.2, 0.25) is 0 Å². The van der Waals surface area contributed by atoms with E-state index in [1.54, 1.807) is 6.92 Å². The van der Waals surface area contributed by atoms with E-state index in [0.29, 0.717) is 11.7 Å². The Balaban J connectivity index is 2.63. The molecule has 1 heterocycles. The molecule has 2 atom stereocenters. The molecular weight excluding hydrogens is 204 g/mol. The topological polar surface area (TPSA) is 83.8 Å². The number of nitrogens with two attached hydrogens (primary N) is 1. The van der Waals surface area contributed by atoms with Crippen LogP contribution in [0.1, 0.15) is 39.3 Å². The van der Waals surface area contributed by atoms with Gasteiger partial charge in [0.15, 0.2) is 5.82 Å². The number of hydrogen-bond donors (Lipinski definition) is 3. The summed E-state index contributed by atoms with van der Waals surface area (Å²) >= 11 is 0. The molecule has 1 rings (SSSR count). The molecule has 0 bridgehead atoms. The van der Waals surface area contributed by atoms with Crippen LogP contribution < -0.4 is 11.1 Å². The summed E-state index contributed by atoms with van der Waals surface area (Å²) in [6, 6.07) is 1.68. The van der Waals surface area contributed by atoms with E-state index in [1.807, 2.05) is 13.0 Å². The summed E-state index contributed by atoms with van der Waals surface area (Å²) in [6.45, 7) is 7.73. The molecule has 0 aromatic carbocycles. The van der Waals surface area contributed by atoms with Crippen LogP contribution in [-0.2, 0) is 4.79 Å². The first kappa shape index (κ1) is 12.7. The third-order valence-corrected chi connectivity index (χ3v) is 2.67. The highest BCUT2D eigenvalue weighted by molar-refractivity contribution is 5.91. The highest BCUT2D eigenvalue weighted by Crippen LogP contribution is 2.15. The third kappa shape index (κ3) is 3.06. The van der Waals surface area contributed by atoms with Crippen molar-refractivity contribution in [1.82, 2.24) is 10.2 Å². The summed E-state index contributed by atoms with van der Waals surface area (Å²) < 4.78 is 0. The van der Waals surface area contributed by atoms with Crippen molar-refractivity contribution in [2.24, 2.45) is 11.7 Å². The Morgan fingerprint density at radius 1 is 1.44 bits per heavy atom. The molecule has 16 heavy (non-hydrogen) atoms. The van der Waals surface area contributed by atoms with Gasteiger partial charge in [0.1, 0.15) is 0 Å². The van der Waals surface area contributed by atoms with E-state index in [4.69, 9.17) is 5.73 Å². The average molecular weight is 224 g/mol. The van der Waals surface area contributed by atoms with Crippen molar-refractivity contribution in [3.8, 4) is 0 Å². The van der Waals surface area contributed by atoms with Crippen molar-refractivity contribution in [3.63, 3.8) is 0 Å². The van der Waals surface area contributed by atoms with Crippen molar-refractivity contribution in [1.29, 1.82) is 0 Å². The van der Waals surface area contributed by atoms with Gasteiger partial charge in [-0.3, -0.25) is 9.89 Å². The molecule has 5 nitrogen and oxygen atoms in total. The number of carbonyl (C=O) groups excluding carboxylic acids is 1. The molecule has 0 fully saturated rings. The van der Waals surface area contributed by atoms with Crippen molar-refractivity contribution in [2.75, 3.05) is 5.32 Å². The van der Waals surface area contributed by atoms with Crippen LogP contribution in [0.4, 0.5) is 5.82 Å². The second-order valence-electron chi connectivity index (χ2n) is 4.50.